The van der Waals surface area contributed by atoms with Gasteiger partial charge in [0, 0.05) is 16.2 Å². The summed E-state index contributed by atoms with van der Waals surface area (Å²) in [6, 6.07) is 7.11. The summed E-state index contributed by atoms with van der Waals surface area (Å²) < 4.78 is 40.4. The van der Waals surface area contributed by atoms with Gasteiger partial charge in [0.05, 0.1) is 0 Å². The summed E-state index contributed by atoms with van der Waals surface area (Å²) in [7, 11) is 0. The van der Waals surface area contributed by atoms with E-state index in [4.69, 9.17) is 0 Å². The van der Waals surface area contributed by atoms with E-state index in [0.29, 0.717) is 5.39 Å². The van der Waals surface area contributed by atoms with Crippen molar-refractivity contribution in [2.75, 3.05) is 0 Å². The Morgan fingerprint density at radius 2 is 2.07 bits per heavy atom. The highest BCUT2D eigenvalue weighted by Crippen LogP contribution is 2.32. The Hall–Kier alpha value is -1.23. The SMILES string of the molecule is FC(F)(F)Oc1[c]ccc2sccc12. The lowest BCUT2D eigenvalue weighted by atomic mass is 10.2. The van der Waals surface area contributed by atoms with Crippen LogP contribution in [0.25, 0.3) is 10.1 Å². The molecule has 0 fully saturated rings. The Morgan fingerprint density at radius 1 is 1.29 bits per heavy atom. The van der Waals surface area contributed by atoms with Crippen molar-refractivity contribution in [2.24, 2.45) is 0 Å². The van der Waals surface area contributed by atoms with Gasteiger partial charge in [0.15, 0.2) is 0 Å². The van der Waals surface area contributed by atoms with Crippen LogP contribution in [0.5, 0.6) is 5.75 Å². The molecule has 0 atom stereocenters. The van der Waals surface area contributed by atoms with Crippen molar-refractivity contribution in [2.45, 2.75) is 6.36 Å². The van der Waals surface area contributed by atoms with Crippen LogP contribution in [-0.2, 0) is 0 Å². The van der Waals surface area contributed by atoms with Gasteiger partial charge in [0.2, 0.25) is 0 Å². The average molecular weight is 217 g/mol. The van der Waals surface area contributed by atoms with Crippen LogP contribution in [0, 0.1) is 6.07 Å². The molecule has 0 saturated heterocycles. The van der Waals surface area contributed by atoms with Crippen molar-refractivity contribution in [3.8, 4) is 5.75 Å². The van der Waals surface area contributed by atoms with Gasteiger partial charge in [0.1, 0.15) is 5.75 Å². The molecule has 1 nitrogen and oxygen atoms in total. The monoisotopic (exact) mass is 217 g/mol. The van der Waals surface area contributed by atoms with Crippen molar-refractivity contribution in [1.82, 2.24) is 0 Å². The highest BCUT2D eigenvalue weighted by Gasteiger charge is 2.31. The highest BCUT2D eigenvalue weighted by atomic mass is 32.1. The van der Waals surface area contributed by atoms with E-state index in [-0.39, 0.29) is 5.75 Å². The lowest BCUT2D eigenvalue weighted by Crippen LogP contribution is -2.17. The number of hydrogen-bond donors (Lipinski definition) is 0. The molecule has 5 heteroatoms. The van der Waals surface area contributed by atoms with E-state index in [1.807, 2.05) is 0 Å². The smallest absolute Gasteiger partial charge is 0.404 e. The standard InChI is InChI=1S/C9H4F3OS/c10-9(11,12)13-7-2-1-3-8-6(7)4-5-14-8/h1,3-5H. The van der Waals surface area contributed by atoms with Crippen LogP contribution in [0.2, 0.25) is 0 Å². The fraction of sp³-hybridized carbons (Fsp3) is 0.111. The Labute approximate surface area is 81.7 Å². The van der Waals surface area contributed by atoms with Crippen LogP contribution in [0.3, 0.4) is 0 Å². The van der Waals surface area contributed by atoms with Gasteiger partial charge in [-0.1, -0.05) is 0 Å². The molecule has 0 aliphatic heterocycles. The van der Waals surface area contributed by atoms with Gasteiger partial charge in [-0.15, -0.1) is 24.5 Å². The van der Waals surface area contributed by atoms with Gasteiger partial charge in [-0.25, -0.2) is 0 Å². The normalized spacial score (nSPS) is 11.9. The summed E-state index contributed by atoms with van der Waals surface area (Å²) in [5, 5.41) is 2.15. The van der Waals surface area contributed by atoms with Gasteiger partial charge >= 0.3 is 6.36 Å². The minimum Gasteiger partial charge on any atom is -0.404 e. The summed E-state index contributed by atoms with van der Waals surface area (Å²) in [4.78, 5) is 0. The Kier molecular flexibility index (Phi) is 2.11. The average Bonchev–Trinajstić information content (AvgIpc) is 2.49. The number of hydrogen-bond acceptors (Lipinski definition) is 2. The first-order chi connectivity index (χ1) is 6.56. The van der Waals surface area contributed by atoms with Gasteiger partial charge in [-0.2, -0.15) is 0 Å². The number of ether oxygens (including phenoxy) is 1. The predicted octanol–water partition coefficient (Wildman–Crippen LogP) is 3.60. The molecule has 0 amide bonds. The molecule has 0 aliphatic rings. The van der Waals surface area contributed by atoms with E-state index in [9.17, 15) is 13.2 Å². The molecule has 73 valence electrons. The molecule has 1 aromatic heterocycles. The molecule has 0 bridgehead atoms. The van der Waals surface area contributed by atoms with Crippen LogP contribution in [0.4, 0.5) is 13.2 Å². The van der Waals surface area contributed by atoms with Crippen LogP contribution < -0.4 is 4.74 Å². The molecular formula is C9H4F3OS. The van der Waals surface area contributed by atoms with E-state index in [0.717, 1.165) is 4.70 Å². The zero-order valence-corrected chi connectivity index (χ0v) is 7.58. The van der Waals surface area contributed by atoms with E-state index < -0.39 is 6.36 Å². The van der Waals surface area contributed by atoms with Crippen LogP contribution in [0.1, 0.15) is 0 Å². The van der Waals surface area contributed by atoms with E-state index in [1.54, 1.807) is 17.5 Å². The van der Waals surface area contributed by atoms with Crippen molar-refractivity contribution >= 4 is 21.4 Å². The second kappa shape index (κ2) is 3.16. The third kappa shape index (κ3) is 1.82. The summed E-state index contributed by atoms with van der Waals surface area (Å²) in [6.07, 6.45) is -4.66. The Morgan fingerprint density at radius 3 is 2.79 bits per heavy atom. The zero-order valence-electron chi connectivity index (χ0n) is 6.76. The first-order valence-corrected chi connectivity index (χ1v) is 4.58. The van der Waals surface area contributed by atoms with Crippen molar-refractivity contribution < 1.29 is 17.9 Å². The number of rotatable bonds is 1. The van der Waals surface area contributed by atoms with Crippen molar-refractivity contribution in [3.63, 3.8) is 0 Å². The number of alkyl halides is 3. The maximum absolute atomic E-state index is 11.9. The highest BCUT2D eigenvalue weighted by molar-refractivity contribution is 7.17. The fourth-order valence-corrected chi connectivity index (χ4v) is 1.89. The van der Waals surface area contributed by atoms with Crippen molar-refractivity contribution in [1.29, 1.82) is 0 Å². The minimum absolute atomic E-state index is 0.267. The number of halogens is 3. The van der Waals surface area contributed by atoms with E-state index >= 15 is 0 Å². The predicted molar refractivity (Wildman–Crippen MR) is 47.3 cm³/mol. The van der Waals surface area contributed by atoms with Crippen LogP contribution in [0.15, 0.2) is 23.6 Å². The quantitative estimate of drug-likeness (QED) is 0.709. The second-order valence-electron chi connectivity index (χ2n) is 2.55. The number of fused-ring (bicyclic) bond motifs is 1. The Bertz CT molecular complexity index is 446. The molecule has 0 spiro atoms. The lowest BCUT2D eigenvalue weighted by molar-refractivity contribution is -0.274. The molecule has 1 aromatic carbocycles. The number of benzene rings is 1. The topological polar surface area (TPSA) is 9.23 Å². The van der Waals surface area contributed by atoms with Gasteiger partial charge in [-0.3, -0.25) is 0 Å². The van der Waals surface area contributed by atoms with E-state index in [1.165, 1.54) is 17.4 Å². The zero-order chi connectivity index (χ0) is 10.2. The van der Waals surface area contributed by atoms with Gasteiger partial charge < -0.3 is 4.74 Å². The Balaban J connectivity index is 2.46. The largest absolute Gasteiger partial charge is 0.573 e. The van der Waals surface area contributed by atoms with Crippen LogP contribution in [-0.4, -0.2) is 6.36 Å². The summed E-state index contributed by atoms with van der Waals surface area (Å²) in [5.74, 6) is -0.267. The molecule has 0 unspecified atom stereocenters. The third-order valence-corrected chi connectivity index (χ3v) is 2.49. The summed E-state index contributed by atoms with van der Waals surface area (Å²) in [6.45, 7) is 0. The summed E-state index contributed by atoms with van der Waals surface area (Å²) >= 11 is 1.36. The lowest BCUT2D eigenvalue weighted by Gasteiger charge is -2.08. The molecule has 2 rings (SSSR count). The van der Waals surface area contributed by atoms with Crippen molar-refractivity contribution in [3.05, 3.63) is 29.6 Å². The van der Waals surface area contributed by atoms with Gasteiger partial charge in [0.25, 0.3) is 0 Å². The third-order valence-electron chi connectivity index (χ3n) is 1.61. The number of thiophene rings is 1. The maximum Gasteiger partial charge on any atom is 0.573 e. The molecule has 0 aliphatic carbocycles. The summed E-state index contributed by atoms with van der Waals surface area (Å²) in [5.41, 5.74) is 0. The molecular weight excluding hydrogens is 213 g/mol. The first kappa shape index (κ1) is 9.33. The van der Waals surface area contributed by atoms with Gasteiger partial charge in [-0.05, 0) is 23.6 Å². The molecule has 1 heterocycles. The molecule has 0 N–H and O–H groups in total. The fourth-order valence-electron chi connectivity index (χ4n) is 1.11. The molecule has 0 saturated carbocycles. The molecule has 1 radical (unpaired) electrons. The second-order valence-corrected chi connectivity index (χ2v) is 3.50. The minimum atomic E-state index is -4.66. The van der Waals surface area contributed by atoms with E-state index in [2.05, 4.69) is 10.8 Å². The molecule has 2 aromatic rings. The van der Waals surface area contributed by atoms with Crippen LogP contribution >= 0.6 is 11.3 Å². The first-order valence-electron chi connectivity index (χ1n) is 3.70. The molecule has 14 heavy (non-hydrogen) atoms. The maximum atomic E-state index is 11.9.